The molecule has 2 heterocycles. The Hall–Kier alpha value is -0.450. The molecule has 3 nitrogen and oxygen atoms in total. The number of nitrogens with zero attached hydrogens (tertiary/aromatic N) is 2. The van der Waals surface area contributed by atoms with Gasteiger partial charge in [-0.15, -0.1) is 11.3 Å². The van der Waals surface area contributed by atoms with Gasteiger partial charge in [0.2, 0.25) is 0 Å². The zero-order valence-corrected chi connectivity index (χ0v) is 12.4. The molecule has 1 aliphatic heterocycles. The summed E-state index contributed by atoms with van der Waals surface area (Å²) in [6.45, 7) is 9.31. The van der Waals surface area contributed by atoms with Crippen LogP contribution in [0.5, 0.6) is 0 Å². The predicted molar refractivity (Wildman–Crippen MR) is 78.3 cm³/mol. The summed E-state index contributed by atoms with van der Waals surface area (Å²) in [5.41, 5.74) is 0. The highest BCUT2D eigenvalue weighted by Gasteiger charge is 2.17. The quantitative estimate of drug-likeness (QED) is 0.889. The molecule has 1 saturated heterocycles. The third-order valence-electron chi connectivity index (χ3n) is 3.85. The molecule has 4 heteroatoms. The van der Waals surface area contributed by atoms with Crippen LogP contribution in [0.25, 0.3) is 0 Å². The fourth-order valence-corrected chi connectivity index (χ4v) is 3.28. The van der Waals surface area contributed by atoms with Crippen molar-refractivity contribution in [3.63, 3.8) is 0 Å². The van der Waals surface area contributed by atoms with E-state index in [1.807, 2.05) is 6.20 Å². The van der Waals surface area contributed by atoms with E-state index in [2.05, 4.69) is 34.4 Å². The van der Waals surface area contributed by atoms with Gasteiger partial charge in [0.25, 0.3) is 0 Å². The van der Waals surface area contributed by atoms with E-state index in [-0.39, 0.29) is 0 Å². The Morgan fingerprint density at radius 2 is 2.39 bits per heavy atom. The van der Waals surface area contributed by atoms with E-state index in [9.17, 15) is 0 Å². The van der Waals surface area contributed by atoms with Crippen LogP contribution in [-0.2, 0) is 0 Å². The van der Waals surface area contributed by atoms with Gasteiger partial charge >= 0.3 is 0 Å². The van der Waals surface area contributed by atoms with Crippen LogP contribution in [0, 0.1) is 0 Å². The summed E-state index contributed by atoms with van der Waals surface area (Å²) < 4.78 is 0. The van der Waals surface area contributed by atoms with Crippen molar-refractivity contribution in [2.75, 3.05) is 26.2 Å². The lowest BCUT2D eigenvalue weighted by Crippen LogP contribution is -2.33. The lowest BCUT2D eigenvalue weighted by atomic mass is 10.1. The van der Waals surface area contributed by atoms with E-state index in [1.54, 1.807) is 11.3 Å². The molecule has 0 spiro atoms. The molecule has 0 saturated carbocycles. The Kier molecular flexibility index (Phi) is 5.60. The average Bonchev–Trinajstić information content (AvgIpc) is 2.82. The zero-order valence-electron chi connectivity index (χ0n) is 11.6. The van der Waals surface area contributed by atoms with Crippen molar-refractivity contribution >= 4 is 11.3 Å². The second kappa shape index (κ2) is 7.22. The SMILES string of the molecule is CCN1CCCC(NCC(C)c2nccs2)CC1. The molecule has 0 aromatic carbocycles. The Morgan fingerprint density at radius 1 is 1.50 bits per heavy atom. The van der Waals surface area contributed by atoms with Crippen LogP contribution in [0.15, 0.2) is 11.6 Å². The minimum absolute atomic E-state index is 0.538. The molecule has 18 heavy (non-hydrogen) atoms. The molecular weight excluding hydrogens is 242 g/mol. The lowest BCUT2D eigenvalue weighted by Gasteiger charge is -2.19. The molecule has 2 unspecified atom stereocenters. The third-order valence-corrected chi connectivity index (χ3v) is 4.86. The molecule has 0 radical (unpaired) electrons. The molecule has 1 aliphatic rings. The highest BCUT2D eigenvalue weighted by Crippen LogP contribution is 2.18. The van der Waals surface area contributed by atoms with Crippen LogP contribution in [-0.4, -0.2) is 42.1 Å². The van der Waals surface area contributed by atoms with Crippen molar-refractivity contribution in [1.29, 1.82) is 0 Å². The maximum Gasteiger partial charge on any atom is 0.0965 e. The van der Waals surface area contributed by atoms with Crippen molar-refractivity contribution in [3.05, 3.63) is 16.6 Å². The number of thiazole rings is 1. The van der Waals surface area contributed by atoms with E-state index >= 15 is 0 Å². The maximum atomic E-state index is 4.39. The number of hydrogen-bond donors (Lipinski definition) is 1. The smallest absolute Gasteiger partial charge is 0.0965 e. The molecule has 1 aromatic rings. The third kappa shape index (κ3) is 4.04. The monoisotopic (exact) mass is 267 g/mol. The van der Waals surface area contributed by atoms with E-state index in [0.29, 0.717) is 12.0 Å². The van der Waals surface area contributed by atoms with Crippen LogP contribution in [0.1, 0.15) is 44.0 Å². The Bertz CT molecular complexity index is 326. The van der Waals surface area contributed by atoms with Crippen molar-refractivity contribution < 1.29 is 0 Å². The van der Waals surface area contributed by atoms with Crippen molar-refractivity contribution in [2.45, 2.75) is 45.1 Å². The fraction of sp³-hybridized carbons (Fsp3) is 0.786. The maximum absolute atomic E-state index is 4.39. The van der Waals surface area contributed by atoms with Gasteiger partial charge in [0, 0.05) is 30.1 Å². The number of nitrogens with one attached hydrogen (secondary N) is 1. The van der Waals surface area contributed by atoms with E-state index < -0.39 is 0 Å². The standard InChI is InChI=1S/C14H25N3S/c1-3-17-8-4-5-13(6-9-17)16-11-12(2)14-15-7-10-18-14/h7,10,12-13,16H,3-6,8-9,11H2,1-2H3. The summed E-state index contributed by atoms with van der Waals surface area (Å²) in [6, 6.07) is 0.698. The summed E-state index contributed by atoms with van der Waals surface area (Å²) in [4.78, 5) is 6.96. The van der Waals surface area contributed by atoms with Crippen LogP contribution in [0.2, 0.25) is 0 Å². The molecule has 0 aliphatic carbocycles. The largest absolute Gasteiger partial charge is 0.313 e. The molecule has 1 N–H and O–H groups in total. The topological polar surface area (TPSA) is 28.2 Å². The number of likely N-dealkylation sites (tertiary alicyclic amines) is 1. The molecule has 2 atom stereocenters. The van der Waals surface area contributed by atoms with E-state index in [1.165, 1.54) is 43.9 Å². The van der Waals surface area contributed by atoms with E-state index in [4.69, 9.17) is 0 Å². The fourth-order valence-electron chi connectivity index (χ4n) is 2.58. The molecule has 2 rings (SSSR count). The Morgan fingerprint density at radius 3 is 3.11 bits per heavy atom. The van der Waals surface area contributed by atoms with Gasteiger partial charge in [-0.05, 0) is 38.9 Å². The highest BCUT2D eigenvalue weighted by molar-refractivity contribution is 7.09. The minimum Gasteiger partial charge on any atom is -0.313 e. The number of rotatable bonds is 5. The van der Waals surface area contributed by atoms with Crippen molar-refractivity contribution in [3.8, 4) is 0 Å². The van der Waals surface area contributed by atoms with Gasteiger partial charge < -0.3 is 10.2 Å². The summed E-state index contributed by atoms with van der Waals surface area (Å²) in [6.07, 6.45) is 5.85. The second-order valence-corrected chi connectivity index (χ2v) is 6.17. The van der Waals surface area contributed by atoms with Crippen LogP contribution >= 0.6 is 11.3 Å². The summed E-state index contributed by atoms with van der Waals surface area (Å²) >= 11 is 1.77. The summed E-state index contributed by atoms with van der Waals surface area (Å²) in [5, 5.41) is 7.06. The van der Waals surface area contributed by atoms with Crippen LogP contribution in [0.3, 0.4) is 0 Å². The second-order valence-electron chi connectivity index (χ2n) is 5.24. The first-order valence-electron chi connectivity index (χ1n) is 7.14. The predicted octanol–water partition coefficient (Wildman–Crippen LogP) is 2.71. The van der Waals surface area contributed by atoms with Gasteiger partial charge in [-0.1, -0.05) is 13.8 Å². The van der Waals surface area contributed by atoms with Gasteiger partial charge in [-0.2, -0.15) is 0 Å². The Balaban J connectivity index is 1.73. The molecule has 102 valence electrons. The van der Waals surface area contributed by atoms with Gasteiger partial charge in [-0.3, -0.25) is 0 Å². The molecule has 0 amide bonds. The van der Waals surface area contributed by atoms with Crippen molar-refractivity contribution in [2.24, 2.45) is 0 Å². The molecular formula is C14H25N3S. The van der Waals surface area contributed by atoms with E-state index in [0.717, 1.165) is 6.54 Å². The van der Waals surface area contributed by atoms with Crippen molar-refractivity contribution in [1.82, 2.24) is 15.2 Å². The zero-order chi connectivity index (χ0) is 12.8. The first-order chi connectivity index (χ1) is 8.79. The summed E-state index contributed by atoms with van der Waals surface area (Å²) in [5.74, 6) is 0.538. The van der Waals surface area contributed by atoms with Crippen LogP contribution < -0.4 is 5.32 Å². The van der Waals surface area contributed by atoms with Gasteiger partial charge in [0.05, 0.1) is 5.01 Å². The Labute approximate surface area is 115 Å². The molecule has 1 aromatic heterocycles. The first-order valence-corrected chi connectivity index (χ1v) is 8.02. The summed E-state index contributed by atoms with van der Waals surface area (Å²) in [7, 11) is 0. The molecule has 0 bridgehead atoms. The van der Waals surface area contributed by atoms with Gasteiger partial charge in [0.1, 0.15) is 0 Å². The van der Waals surface area contributed by atoms with Gasteiger partial charge in [0.15, 0.2) is 0 Å². The van der Waals surface area contributed by atoms with Crippen LogP contribution in [0.4, 0.5) is 0 Å². The number of aromatic nitrogens is 1. The average molecular weight is 267 g/mol. The molecule has 1 fully saturated rings. The highest BCUT2D eigenvalue weighted by atomic mass is 32.1. The minimum atomic E-state index is 0.538. The lowest BCUT2D eigenvalue weighted by molar-refractivity contribution is 0.297. The van der Waals surface area contributed by atoms with Gasteiger partial charge in [-0.25, -0.2) is 4.98 Å². The first kappa shape index (κ1) is 14.0. The number of hydrogen-bond acceptors (Lipinski definition) is 4. The normalized spacial score (nSPS) is 23.8.